The lowest BCUT2D eigenvalue weighted by Gasteiger charge is -2.14. The van der Waals surface area contributed by atoms with Crippen LogP contribution in [0.3, 0.4) is 0 Å². The Morgan fingerprint density at radius 2 is 1.83 bits per heavy atom. The van der Waals surface area contributed by atoms with Gasteiger partial charge in [0.05, 0.1) is 17.3 Å². The molecule has 0 fully saturated rings. The molecule has 0 bridgehead atoms. The number of nitrogens with zero attached hydrogens (tertiary/aromatic N) is 4. The summed E-state index contributed by atoms with van der Waals surface area (Å²) in [5, 5.41) is 9.14. The second kappa shape index (κ2) is 6.02. The van der Waals surface area contributed by atoms with Gasteiger partial charge in [-0.05, 0) is 50.1 Å². The van der Waals surface area contributed by atoms with Crippen LogP contribution in [-0.4, -0.2) is 9.55 Å². The van der Waals surface area contributed by atoms with Gasteiger partial charge in [-0.25, -0.2) is 0 Å². The van der Waals surface area contributed by atoms with E-state index >= 15 is 0 Å². The first-order valence-corrected chi connectivity index (χ1v) is 7.59. The number of nitriles is 1. The molecule has 0 unspecified atom stereocenters. The minimum absolute atomic E-state index is 0.340. The first-order valence-electron chi connectivity index (χ1n) is 7.59. The summed E-state index contributed by atoms with van der Waals surface area (Å²) in [5.41, 5.74) is 5.87. The predicted octanol–water partition coefficient (Wildman–Crippen LogP) is 4.89. The van der Waals surface area contributed by atoms with E-state index in [-0.39, 0.29) is 0 Å². The van der Waals surface area contributed by atoms with Crippen LogP contribution in [-0.2, 0) is 0 Å². The second-order valence-electron chi connectivity index (χ2n) is 5.84. The van der Waals surface area contributed by atoms with Crippen LogP contribution in [0.5, 0.6) is 0 Å². The van der Waals surface area contributed by atoms with Crippen molar-refractivity contribution in [2.45, 2.75) is 20.8 Å². The molecule has 116 valence electrons. The molecule has 1 heterocycles. The molecule has 24 heavy (non-hydrogen) atoms. The highest BCUT2D eigenvalue weighted by Crippen LogP contribution is 2.30. The average Bonchev–Trinajstić information content (AvgIpc) is 2.98. The third kappa shape index (κ3) is 2.66. The summed E-state index contributed by atoms with van der Waals surface area (Å²) in [7, 11) is 0. The van der Waals surface area contributed by atoms with Crippen molar-refractivity contribution < 1.29 is 0 Å². The van der Waals surface area contributed by atoms with E-state index in [9.17, 15) is 0 Å². The van der Waals surface area contributed by atoms with E-state index < -0.39 is 0 Å². The van der Waals surface area contributed by atoms with E-state index in [2.05, 4.69) is 48.8 Å². The molecular weight excluding hydrogens is 296 g/mol. The normalized spacial score (nSPS) is 10.2. The third-order valence-corrected chi connectivity index (χ3v) is 3.93. The Balaban J connectivity index is 2.29. The number of hydrogen-bond donors (Lipinski definition) is 0. The molecule has 0 radical (unpaired) electrons. The second-order valence-corrected chi connectivity index (χ2v) is 5.84. The monoisotopic (exact) mass is 312 g/mol. The van der Waals surface area contributed by atoms with Gasteiger partial charge < -0.3 is 4.85 Å². The van der Waals surface area contributed by atoms with Gasteiger partial charge >= 0.3 is 0 Å². The largest absolute Gasteiger partial charge is 0.359 e. The van der Waals surface area contributed by atoms with Gasteiger partial charge in [-0.1, -0.05) is 35.3 Å². The smallest absolute Gasteiger partial charge is 0.288 e. The van der Waals surface area contributed by atoms with Crippen molar-refractivity contribution in [3.05, 3.63) is 76.3 Å². The molecule has 2 aromatic carbocycles. The molecule has 0 aliphatic heterocycles. The first-order chi connectivity index (χ1) is 11.5. The lowest BCUT2D eigenvalue weighted by atomic mass is 10.0. The van der Waals surface area contributed by atoms with E-state index in [0.717, 1.165) is 22.4 Å². The molecule has 4 nitrogen and oxygen atoms in total. The molecule has 1 aromatic heterocycles. The molecule has 0 spiro atoms. The van der Waals surface area contributed by atoms with Crippen LogP contribution in [0.4, 0.5) is 5.82 Å². The number of aromatic nitrogens is 2. The van der Waals surface area contributed by atoms with Gasteiger partial charge in [-0.2, -0.15) is 5.26 Å². The predicted molar refractivity (Wildman–Crippen MR) is 94.2 cm³/mol. The maximum atomic E-state index is 9.14. The van der Waals surface area contributed by atoms with E-state index in [0.29, 0.717) is 17.2 Å². The summed E-state index contributed by atoms with van der Waals surface area (Å²) in [4.78, 5) is 7.93. The van der Waals surface area contributed by atoms with Gasteiger partial charge in [-0.3, -0.25) is 4.57 Å². The van der Waals surface area contributed by atoms with Crippen LogP contribution >= 0.6 is 0 Å². The van der Waals surface area contributed by atoms with Crippen molar-refractivity contribution in [2.75, 3.05) is 0 Å². The molecule has 0 aliphatic rings. The molecule has 3 rings (SSSR count). The molecule has 0 aliphatic carbocycles. The zero-order valence-electron chi connectivity index (χ0n) is 13.8. The van der Waals surface area contributed by atoms with Gasteiger partial charge in [-0.15, -0.1) is 0 Å². The molecule has 0 N–H and O–H groups in total. The van der Waals surface area contributed by atoms with Crippen LogP contribution in [0.2, 0.25) is 0 Å². The highest BCUT2D eigenvalue weighted by molar-refractivity contribution is 5.66. The van der Waals surface area contributed by atoms with Crippen LogP contribution < -0.4 is 0 Å². The standard InChI is InChI=1S/C20H16N4/c1-13-8-14(2)19(15(3)9-13)24-12-18(22-4)23-20(24)17-7-5-6-16(10-17)11-21/h5-10,12H,1-3H3. The molecule has 0 saturated heterocycles. The Morgan fingerprint density at radius 1 is 1.12 bits per heavy atom. The summed E-state index contributed by atoms with van der Waals surface area (Å²) in [6.07, 6.45) is 1.76. The number of aryl methyl sites for hydroxylation is 3. The van der Waals surface area contributed by atoms with Crippen molar-refractivity contribution in [1.29, 1.82) is 5.26 Å². The van der Waals surface area contributed by atoms with E-state index in [1.165, 1.54) is 5.56 Å². The van der Waals surface area contributed by atoms with Crippen molar-refractivity contribution >= 4 is 5.82 Å². The van der Waals surface area contributed by atoms with Gasteiger partial charge in [0, 0.05) is 11.8 Å². The van der Waals surface area contributed by atoms with Crippen LogP contribution in [0, 0.1) is 38.7 Å². The number of hydrogen-bond acceptors (Lipinski definition) is 2. The summed E-state index contributed by atoms with van der Waals surface area (Å²) in [5.74, 6) is 1.01. The highest BCUT2D eigenvalue weighted by Gasteiger charge is 2.18. The van der Waals surface area contributed by atoms with Crippen molar-refractivity contribution in [1.82, 2.24) is 9.55 Å². The summed E-state index contributed by atoms with van der Waals surface area (Å²) in [6.45, 7) is 13.5. The van der Waals surface area contributed by atoms with E-state index in [4.69, 9.17) is 11.8 Å². The number of benzene rings is 2. The van der Waals surface area contributed by atoms with Crippen molar-refractivity contribution in [3.8, 4) is 23.1 Å². The molecule has 3 aromatic rings. The Kier molecular flexibility index (Phi) is 3.90. The quantitative estimate of drug-likeness (QED) is 0.633. The molecule has 0 amide bonds. The van der Waals surface area contributed by atoms with Crippen molar-refractivity contribution in [3.63, 3.8) is 0 Å². The van der Waals surface area contributed by atoms with Crippen LogP contribution in [0.25, 0.3) is 21.9 Å². The van der Waals surface area contributed by atoms with E-state index in [1.54, 1.807) is 18.3 Å². The number of imidazole rings is 1. The fraction of sp³-hybridized carbons (Fsp3) is 0.150. The maximum absolute atomic E-state index is 9.14. The van der Waals surface area contributed by atoms with Crippen LogP contribution in [0.15, 0.2) is 42.6 Å². The van der Waals surface area contributed by atoms with Gasteiger partial charge in [0.2, 0.25) is 5.82 Å². The summed E-state index contributed by atoms with van der Waals surface area (Å²) in [6, 6.07) is 13.7. The fourth-order valence-corrected chi connectivity index (χ4v) is 3.08. The SMILES string of the molecule is [C-]#[N+]c1cn(-c2c(C)cc(C)cc2C)c(-c2cccc(C#N)c2)n1. The Bertz CT molecular complexity index is 990. The van der Waals surface area contributed by atoms with Crippen LogP contribution in [0.1, 0.15) is 22.3 Å². The summed E-state index contributed by atoms with van der Waals surface area (Å²) >= 11 is 0. The Labute approximate surface area is 141 Å². The first kappa shape index (κ1) is 15.5. The molecule has 4 heteroatoms. The maximum Gasteiger partial charge on any atom is 0.288 e. The Hall–Kier alpha value is -3.37. The van der Waals surface area contributed by atoms with E-state index in [1.807, 2.05) is 16.7 Å². The minimum atomic E-state index is 0.340. The molecular formula is C20H16N4. The van der Waals surface area contributed by atoms with Gasteiger partial charge in [0.1, 0.15) is 0 Å². The topological polar surface area (TPSA) is 46.0 Å². The third-order valence-electron chi connectivity index (χ3n) is 3.93. The zero-order chi connectivity index (χ0) is 17.3. The minimum Gasteiger partial charge on any atom is -0.359 e. The van der Waals surface area contributed by atoms with Gasteiger partial charge in [0.25, 0.3) is 5.82 Å². The average molecular weight is 312 g/mol. The lowest BCUT2D eigenvalue weighted by molar-refractivity contribution is 1.03. The Morgan fingerprint density at radius 3 is 2.46 bits per heavy atom. The zero-order valence-corrected chi connectivity index (χ0v) is 13.8. The van der Waals surface area contributed by atoms with Gasteiger partial charge in [0.15, 0.2) is 0 Å². The molecule has 0 saturated carbocycles. The molecule has 0 atom stereocenters. The van der Waals surface area contributed by atoms with Crippen molar-refractivity contribution in [2.24, 2.45) is 0 Å². The number of rotatable bonds is 2. The lowest BCUT2D eigenvalue weighted by Crippen LogP contribution is -2.02. The summed E-state index contributed by atoms with van der Waals surface area (Å²) < 4.78 is 1.95. The fourth-order valence-electron chi connectivity index (χ4n) is 3.08. The highest BCUT2D eigenvalue weighted by atomic mass is 15.1.